The van der Waals surface area contributed by atoms with Crippen LogP contribution in [0.1, 0.15) is 47.7 Å². The summed E-state index contributed by atoms with van der Waals surface area (Å²) in [4.78, 5) is 30.9. The van der Waals surface area contributed by atoms with Gasteiger partial charge in [0.05, 0.1) is 11.6 Å². The van der Waals surface area contributed by atoms with E-state index < -0.39 is 17.7 Å². The van der Waals surface area contributed by atoms with Gasteiger partial charge in [0.1, 0.15) is 19.0 Å². The van der Waals surface area contributed by atoms with Gasteiger partial charge in [-0.25, -0.2) is 0 Å². The Hall–Kier alpha value is -4.26. The second-order valence-electron chi connectivity index (χ2n) is 9.98. The van der Waals surface area contributed by atoms with Gasteiger partial charge in [0.25, 0.3) is 11.7 Å². The number of fused-ring (bicyclic) bond motifs is 1. The molecule has 0 aromatic heterocycles. The first kappa shape index (κ1) is 26.4. The van der Waals surface area contributed by atoms with Crippen LogP contribution in [0.3, 0.4) is 0 Å². The molecular weight excluding hydrogens is 492 g/mol. The lowest BCUT2D eigenvalue weighted by atomic mass is 9.94. The first-order chi connectivity index (χ1) is 18.8. The van der Waals surface area contributed by atoms with E-state index in [1.54, 1.807) is 23.1 Å². The highest BCUT2D eigenvalue weighted by molar-refractivity contribution is 6.46. The summed E-state index contributed by atoms with van der Waals surface area (Å²) < 4.78 is 11.3. The van der Waals surface area contributed by atoms with E-state index in [1.807, 2.05) is 56.3 Å². The smallest absolute Gasteiger partial charge is 0.295 e. The van der Waals surface area contributed by atoms with Gasteiger partial charge in [0, 0.05) is 30.9 Å². The Morgan fingerprint density at radius 1 is 0.923 bits per heavy atom. The van der Waals surface area contributed by atoms with Crippen LogP contribution < -0.4 is 14.4 Å². The van der Waals surface area contributed by atoms with Gasteiger partial charge in [-0.3, -0.25) is 9.59 Å². The molecule has 1 fully saturated rings. The lowest BCUT2D eigenvalue weighted by Crippen LogP contribution is -2.29. The van der Waals surface area contributed by atoms with E-state index >= 15 is 0 Å². The van der Waals surface area contributed by atoms with Crippen molar-refractivity contribution in [2.45, 2.75) is 40.3 Å². The molecule has 0 aliphatic carbocycles. The van der Waals surface area contributed by atoms with E-state index in [-0.39, 0.29) is 17.9 Å². The van der Waals surface area contributed by atoms with Crippen molar-refractivity contribution in [2.75, 3.05) is 31.2 Å². The molecule has 7 heteroatoms. The summed E-state index contributed by atoms with van der Waals surface area (Å²) >= 11 is 0. The maximum Gasteiger partial charge on any atom is 0.295 e. The van der Waals surface area contributed by atoms with Crippen LogP contribution in [0.4, 0.5) is 5.69 Å². The average molecular weight is 527 g/mol. The number of ketones is 1. The summed E-state index contributed by atoms with van der Waals surface area (Å²) in [5, 5.41) is 11.5. The number of aliphatic hydroxyl groups excluding tert-OH is 1. The first-order valence-corrected chi connectivity index (χ1v) is 13.4. The van der Waals surface area contributed by atoms with E-state index in [1.165, 1.54) is 0 Å². The zero-order chi connectivity index (χ0) is 27.7. The predicted molar refractivity (Wildman–Crippen MR) is 151 cm³/mol. The zero-order valence-corrected chi connectivity index (χ0v) is 22.9. The van der Waals surface area contributed by atoms with E-state index in [9.17, 15) is 14.7 Å². The number of likely N-dealkylation sites (tertiary alicyclic amines) is 1. The molecule has 0 saturated carbocycles. The average Bonchev–Trinajstić information content (AvgIpc) is 3.20. The number of anilines is 1. The lowest BCUT2D eigenvalue weighted by molar-refractivity contribution is -0.140. The second kappa shape index (κ2) is 10.8. The third kappa shape index (κ3) is 4.97. The molecule has 0 spiro atoms. The topological polar surface area (TPSA) is 79.3 Å². The molecule has 1 amide bonds. The molecular formula is C32H34N2O5. The Morgan fingerprint density at radius 3 is 2.31 bits per heavy atom. The molecule has 0 bridgehead atoms. The standard InChI is InChI=1S/C32H34N2O5/c1-5-33(6-2)25-12-9-22(10-13-25)29-28(30(35)23-11-14-26-27(18-23)39-16-15-38-26)31(36)32(37)34(29)19-24-17-20(3)7-8-21(24)4/h7-14,17-18,29,35H,5-6,15-16,19H2,1-4H3/b30-28-. The molecule has 7 nitrogen and oxygen atoms in total. The monoisotopic (exact) mass is 526 g/mol. The number of nitrogens with zero attached hydrogens (tertiary/aromatic N) is 2. The molecule has 5 rings (SSSR count). The lowest BCUT2D eigenvalue weighted by Gasteiger charge is -2.27. The Morgan fingerprint density at radius 2 is 1.62 bits per heavy atom. The summed E-state index contributed by atoms with van der Waals surface area (Å²) in [6.07, 6.45) is 0. The molecule has 3 aromatic rings. The van der Waals surface area contributed by atoms with Crippen LogP contribution in [-0.2, 0) is 16.1 Å². The fraction of sp³-hybridized carbons (Fsp3) is 0.312. The molecule has 3 aromatic carbocycles. The number of rotatable bonds is 7. The van der Waals surface area contributed by atoms with Gasteiger partial charge in [-0.15, -0.1) is 0 Å². The number of carbonyl (C=O) groups is 2. The Balaban J connectivity index is 1.63. The molecule has 2 aliphatic heterocycles. The van der Waals surface area contributed by atoms with Crippen molar-refractivity contribution in [2.24, 2.45) is 0 Å². The number of aryl methyl sites for hydroxylation is 2. The molecule has 2 aliphatic rings. The third-order valence-electron chi connectivity index (χ3n) is 7.54. The van der Waals surface area contributed by atoms with Gasteiger partial charge in [0.15, 0.2) is 11.5 Å². The Kier molecular flexibility index (Phi) is 7.33. The number of ether oxygens (including phenoxy) is 2. The normalized spacial score (nSPS) is 17.9. The summed E-state index contributed by atoms with van der Waals surface area (Å²) in [6.45, 7) is 11.0. The van der Waals surface area contributed by atoms with Crippen molar-refractivity contribution in [3.8, 4) is 11.5 Å². The van der Waals surface area contributed by atoms with Crippen molar-refractivity contribution < 1.29 is 24.2 Å². The number of aliphatic hydroxyl groups is 1. The third-order valence-corrected chi connectivity index (χ3v) is 7.54. The molecule has 202 valence electrons. The van der Waals surface area contributed by atoms with Crippen LogP contribution in [0.15, 0.2) is 66.2 Å². The molecule has 1 unspecified atom stereocenters. The van der Waals surface area contributed by atoms with Crippen LogP contribution in [-0.4, -0.2) is 48.0 Å². The minimum absolute atomic E-state index is 0.0672. The number of carbonyl (C=O) groups excluding carboxylic acids is 2. The fourth-order valence-electron chi connectivity index (χ4n) is 5.35. The predicted octanol–water partition coefficient (Wildman–Crippen LogP) is 5.54. The van der Waals surface area contributed by atoms with Gasteiger partial charge in [-0.1, -0.05) is 35.9 Å². The summed E-state index contributed by atoms with van der Waals surface area (Å²) in [6, 6.07) is 18.3. The Bertz CT molecular complexity index is 1440. The van der Waals surface area contributed by atoms with Crippen LogP contribution in [0, 0.1) is 13.8 Å². The van der Waals surface area contributed by atoms with E-state index in [4.69, 9.17) is 9.47 Å². The maximum atomic E-state index is 13.5. The van der Waals surface area contributed by atoms with Crippen molar-refractivity contribution in [3.05, 3.63) is 94.1 Å². The quantitative estimate of drug-likeness (QED) is 0.247. The molecule has 0 radical (unpaired) electrons. The van der Waals surface area contributed by atoms with Gasteiger partial charge in [0.2, 0.25) is 0 Å². The summed E-state index contributed by atoms with van der Waals surface area (Å²) in [5.74, 6) is -0.489. The van der Waals surface area contributed by atoms with Crippen LogP contribution in [0.5, 0.6) is 11.5 Å². The van der Waals surface area contributed by atoms with Gasteiger partial charge >= 0.3 is 0 Å². The minimum Gasteiger partial charge on any atom is -0.507 e. The highest BCUT2D eigenvalue weighted by atomic mass is 16.6. The van der Waals surface area contributed by atoms with E-state index in [0.29, 0.717) is 30.3 Å². The van der Waals surface area contributed by atoms with Gasteiger partial charge in [-0.05, 0) is 74.7 Å². The summed E-state index contributed by atoms with van der Waals surface area (Å²) in [7, 11) is 0. The SMILES string of the molecule is CCN(CC)c1ccc(C2/C(=C(/O)c3ccc4c(c3)OCCO4)C(=O)C(=O)N2Cc2cc(C)ccc2C)cc1. The largest absolute Gasteiger partial charge is 0.507 e. The van der Waals surface area contributed by atoms with Crippen LogP contribution >= 0.6 is 0 Å². The number of Topliss-reactive ketones (excluding diaryl/α,β-unsaturated/α-hetero) is 1. The van der Waals surface area contributed by atoms with Crippen molar-refractivity contribution in [3.63, 3.8) is 0 Å². The number of benzene rings is 3. The first-order valence-electron chi connectivity index (χ1n) is 13.4. The van der Waals surface area contributed by atoms with Crippen molar-refractivity contribution in [1.82, 2.24) is 4.90 Å². The Labute approximate surface area is 229 Å². The van der Waals surface area contributed by atoms with Gasteiger partial charge < -0.3 is 24.4 Å². The number of hydrogen-bond acceptors (Lipinski definition) is 6. The van der Waals surface area contributed by atoms with Crippen LogP contribution in [0.2, 0.25) is 0 Å². The second-order valence-corrected chi connectivity index (χ2v) is 9.98. The van der Waals surface area contributed by atoms with E-state index in [2.05, 4.69) is 18.7 Å². The van der Waals surface area contributed by atoms with Crippen LogP contribution in [0.25, 0.3) is 5.76 Å². The molecule has 39 heavy (non-hydrogen) atoms. The number of hydrogen-bond donors (Lipinski definition) is 1. The maximum absolute atomic E-state index is 13.5. The molecule has 2 heterocycles. The zero-order valence-electron chi connectivity index (χ0n) is 22.9. The molecule has 1 N–H and O–H groups in total. The highest BCUT2D eigenvalue weighted by Crippen LogP contribution is 2.42. The van der Waals surface area contributed by atoms with Gasteiger partial charge in [-0.2, -0.15) is 0 Å². The molecule has 1 atom stereocenters. The fourth-order valence-corrected chi connectivity index (χ4v) is 5.35. The van der Waals surface area contributed by atoms with E-state index in [0.717, 1.165) is 41.0 Å². The van der Waals surface area contributed by atoms with Crippen molar-refractivity contribution >= 4 is 23.1 Å². The summed E-state index contributed by atoms with van der Waals surface area (Å²) in [5.41, 5.74) is 5.34. The molecule has 1 saturated heterocycles. The minimum atomic E-state index is -0.746. The van der Waals surface area contributed by atoms with Crippen molar-refractivity contribution in [1.29, 1.82) is 0 Å². The highest BCUT2D eigenvalue weighted by Gasteiger charge is 2.46. The number of amides is 1.